The topological polar surface area (TPSA) is 0 Å². The molecular formula is C20H20. The predicted octanol–water partition coefficient (Wildman–Crippen LogP) is 5.15. The highest BCUT2D eigenvalue weighted by molar-refractivity contribution is 5.31. The van der Waals surface area contributed by atoms with Gasteiger partial charge in [0.1, 0.15) is 0 Å². The first kappa shape index (κ1) is 12.0. The lowest BCUT2D eigenvalue weighted by atomic mass is 10.1. The van der Waals surface area contributed by atoms with Gasteiger partial charge < -0.3 is 0 Å². The summed E-state index contributed by atoms with van der Waals surface area (Å²) in [6, 6.07) is 21.9. The van der Waals surface area contributed by atoms with E-state index in [4.69, 9.17) is 0 Å². The molecule has 2 aromatic rings. The van der Waals surface area contributed by atoms with E-state index in [1.165, 1.54) is 24.0 Å². The molecule has 0 amide bonds. The first-order valence-corrected chi connectivity index (χ1v) is 7.70. The SMILES string of the molecule is C(=C\C1CC1c1ccccc1)/C1CC1c1ccccc1. The Morgan fingerprint density at radius 2 is 1.00 bits per heavy atom. The minimum absolute atomic E-state index is 0.779. The van der Waals surface area contributed by atoms with E-state index in [0.717, 1.165) is 23.7 Å². The monoisotopic (exact) mass is 260 g/mol. The van der Waals surface area contributed by atoms with Gasteiger partial charge >= 0.3 is 0 Å². The van der Waals surface area contributed by atoms with Crippen LogP contribution in [-0.2, 0) is 0 Å². The summed E-state index contributed by atoms with van der Waals surface area (Å²) in [4.78, 5) is 0. The zero-order valence-corrected chi connectivity index (χ0v) is 11.7. The first-order valence-electron chi connectivity index (χ1n) is 7.70. The standard InChI is InChI=1S/C20H20/c1-3-7-15(8-4-1)19-13-17(19)11-12-18-14-20(18)16-9-5-2-6-10-16/h1-12,17-20H,13-14H2/b12-11+. The highest BCUT2D eigenvalue weighted by Crippen LogP contribution is 2.52. The first-order chi connectivity index (χ1) is 9.92. The van der Waals surface area contributed by atoms with Crippen LogP contribution in [0, 0.1) is 11.8 Å². The molecule has 2 saturated carbocycles. The van der Waals surface area contributed by atoms with Gasteiger partial charge in [0.2, 0.25) is 0 Å². The largest absolute Gasteiger partial charge is 0.0845 e. The summed E-state index contributed by atoms with van der Waals surface area (Å²) in [5, 5.41) is 0. The van der Waals surface area contributed by atoms with Gasteiger partial charge in [0.15, 0.2) is 0 Å². The number of allylic oxidation sites excluding steroid dienone is 2. The molecule has 0 spiro atoms. The second-order valence-corrected chi connectivity index (χ2v) is 6.22. The average Bonchev–Trinajstić information content (AvgIpc) is 3.41. The quantitative estimate of drug-likeness (QED) is 0.667. The third-order valence-electron chi connectivity index (χ3n) is 4.74. The average molecular weight is 260 g/mol. The van der Waals surface area contributed by atoms with E-state index >= 15 is 0 Å². The molecule has 4 unspecified atom stereocenters. The smallest absolute Gasteiger partial charge is 0.00930 e. The molecule has 2 aromatic carbocycles. The molecule has 4 atom stereocenters. The van der Waals surface area contributed by atoms with Crippen molar-refractivity contribution in [2.45, 2.75) is 24.7 Å². The lowest BCUT2D eigenvalue weighted by molar-refractivity contribution is 0.963. The predicted molar refractivity (Wildman–Crippen MR) is 83.7 cm³/mol. The van der Waals surface area contributed by atoms with Crippen molar-refractivity contribution < 1.29 is 0 Å². The summed E-state index contributed by atoms with van der Waals surface area (Å²) in [5.74, 6) is 3.13. The van der Waals surface area contributed by atoms with Crippen LogP contribution in [0.1, 0.15) is 35.8 Å². The van der Waals surface area contributed by atoms with Gasteiger partial charge in [-0.05, 0) is 47.6 Å². The number of benzene rings is 2. The number of hydrogen-bond donors (Lipinski definition) is 0. The Morgan fingerprint density at radius 1 is 0.600 bits per heavy atom. The summed E-state index contributed by atoms with van der Waals surface area (Å²) in [7, 11) is 0. The van der Waals surface area contributed by atoms with Crippen molar-refractivity contribution in [2.24, 2.45) is 11.8 Å². The molecule has 4 rings (SSSR count). The van der Waals surface area contributed by atoms with Crippen molar-refractivity contribution in [1.82, 2.24) is 0 Å². The van der Waals surface area contributed by atoms with Gasteiger partial charge in [-0.15, -0.1) is 0 Å². The van der Waals surface area contributed by atoms with Gasteiger partial charge in [0.05, 0.1) is 0 Å². The molecule has 0 heterocycles. The van der Waals surface area contributed by atoms with Crippen LogP contribution < -0.4 is 0 Å². The zero-order chi connectivity index (χ0) is 13.4. The molecule has 0 heteroatoms. The third-order valence-corrected chi connectivity index (χ3v) is 4.74. The van der Waals surface area contributed by atoms with Crippen LogP contribution >= 0.6 is 0 Å². The van der Waals surface area contributed by atoms with Gasteiger partial charge in [0.25, 0.3) is 0 Å². The summed E-state index contributed by atoms with van der Waals surface area (Å²) in [6.45, 7) is 0. The van der Waals surface area contributed by atoms with Crippen LogP contribution in [0.3, 0.4) is 0 Å². The van der Waals surface area contributed by atoms with Crippen molar-refractivity contribution in [3.05, 3.63) is 83.9 Å². The maximum absolute atomic E-state index is 2.48. The molecule has 0 aliphatic heterocycles. The Labute approximate surface area is 121 Å². The maximum Gasteiger partial charge on any atom is -0.00930 e. The number of hydrogen-bond acceptors (Lipinski definition) is 0. The van der Waals surface area contributed by atoms with Crippen molar-refractivity contribution >= 4 is 0 Å². The molecule has 100 valence electrons. The summed E-state index contributed by atoms with van der Waals surface area (Å²) < 4.78 is 0. The molecule has 0 N–H and O–H groups in total. The summed E-state index contributed by atoms with van der Waals surface area (Å²) in [6.07, 6.45) is 7.63. The highest BCUT2D eigenvalue weighted by Gasteiger charge is 2.39. The van der Waals surface area contributed by atoms with Crippen molar-refractivity contribution in [1.29, 1.82) is 0 Å². The maximum atomic E-state index is 2.48. The van der Waals surface area contributed by atoms with Gasteiger partial charge in [-0.2, -0.15) is 0 Å². The Morgan fingerprint density at radius 3 is 1.40 bits per heavy atom. The van der Waals surface area contributed by atoms with Crippen LogP contribution in [0.2, 0.25) is 0 Å². The highest BCUT2D eigenvalue weighted by atomic mass is 14.4. The lowest BCUT2D eigenvalue weighted by Gasteiger charge is -1.97. The minimum Gasteiger partial charge on any atom is -0.0845 e. The molecular weight excluding hydrogens is 240 g/mol. The van der Waals surface area contributed by atoms with Crippen LogP contribution in [-0.4, -0.2) is 0 Å². The summed E-state index contributed by atoms with van der Waals surface area (Å²) >= 11 is 0. The zero-order valence-electron chi connectivity index (χ0n) is 11.7. The number of rotatable bonds is 4. The van der Waals surface area contributed by atoms with E-state index in [9.17, 15) is 0 Å². The Hall–Kier alpha value is -1.82. The van der Waals surface area contributed by atoms with E-state index in [-0.39, 0.29) is 0 Å². The van der Waals surface area contributed by atoms with E-state index < -0.39 is 0 Å². The van der Waals surface area contributed by atoms with E-state index in [1.807, 2.05) is 0 Å². The van der Waals surface area contributed by atoms with Gasteiger partial charge in [-0.1, -0.05) is 72.8 Å². The van der Waals surface area contributed by atoms with Gasteiger partial charge in [-0.25, -0.2) is 0 Å². The van der Waals surface area contributed by atoms with Crippen molar-refractivity contribution in [3.8, 4) is 0 Å². The van der Waals surface area contributed by atoms with E-state index in [1.54, 1.807) is 0 Å². The molecule has 0 aromatic heterocycles. The lowest BCUT2D eigenvalue weighted by Crippen LogP contribution is -1.82. The summed E-state index contributed by atoms with van der Waals surface area (Å²) in [5.41, 5.74) is 3.02. The second-order valence-electron chi connectivity index (χ2n) is 6.22. The van der Waals surface area contributed by atoms with Gasteiger partial charge in [0, 0.05) is 0 Å². The second kappa shape index (κ2) is 4.94. The molecule has 2 aliphatic carbocycles. The van der Waals surface area contributed by atoms with Crippen LogP contribution in [0.25, 0.3) is 0 Å². The fourth-order valence-corrected chi connectivity index (χ4v) is 3.31. The Bertz CT molecular complexity index is 541. The molecule has 2 aliphatic rings. The molecule has 0 saturated heterocycles. The molecule has 0 nitrogen and oxygen atoms in total. The van der Waals surface area contributed by atoms with Crippen LogP contribution in [0.5, 0.6) is 0 Å². The molecule has 2 fully saturated rings. The van der Waals surface area contributed by atoms with E-state index in [0.29, 0.717) is 0 Å². The Kier molecular flexibility index (Phi) is 2.95. The minimum atomic E-state index is 0.779. The van der Waals surface area contributed by atoms with E-state index in [2.05, 4.69) is 72.8 Å². The fourth-order valence-electron chi connectivity index (χ4n) is 3.31. The molecule has 0 radical (unpaired) electrons. The van der Waals surface area contributed by atoms with Crippen molar-refractivity contribution in [2.75, 3.05) is 0 Å². The van der Waals surface area contributed by atoms with Crippen LogP contribution in [0.15, 0.2) is 72.8 Å². The molecule has 0 bridgehead atoms. The van der Waals surface area contributed by atoms with Crippen LogP contribution in [0.4, 0.5) is 0 Å². The Balaban J connectivity index is 1.34. The fraction of sp³-hybridized carbons (Fsp3) is 0.300. The molecule has 20 heavy (non-hydrogen) atoms. The van der Waals surface area contributed by atoms with Crippen molar-refractivity contribution in [3.63, 3.8) is 0 Å². The van der Waals surface area contributed by atoms with Gasteiger partial charge in [-0.3, -0.25) is 0 Å². The third kappa shape index (κ3) is 2.43. The normalized spacial score (nSPS) is 31.4.